The Morgan fingerprint density at radius 1 is 1.09 bits per heavy atom. The normalized spacial score (nSPS) is 22.8. The molecule has 2 saturated heterocycles. The van der Waals surface area contributed by atoms with Crippen molar-refractivity contribution in [2.24, 2.45) is 11.8 Å². The van der Waals surface area contributed by atoms with Crippen molar-refractivity contribution in [3.05, 3.63) is 47.6 Å². The average molecular weight is 636 g/mol. The molecule has 3 rings (SSSR count). The fraction of sp³-hybridized carbons (Fsp3) is 0.625. The van der Waals surface area contributed by atoms with Crippen molar-refractivity contribution in [1.29, 1.82) is 0 Å². The highest BCUT2D eigenvalue weighted by Crippen LogP contribution is 2.27. The number of hydrogen-bond acceptors (Lipinski definition) is 7. The Morgan fingerprint density at radius 3 is 2.50 bits per heavy atom. The van der Waals surface area contributed by atoms with Gasteiger partial charge < -0.3 is 25.3 Å². The molecule has 0 radical (unpaired) electrons. The van der Waals surface area contributed by atoms with Gasteiger partial charge in [-0.15, -0.1) is 0 Å². The molecule has 1 unspecified atom stereocenters. The molecule has 4 N–H and O–H groups in total. The largest absolute Gasteiger partial charge is 0.481 e. The highest BCUT2D eigenvalue weighted by atomic mass is 32.2. The Bertz CT molecular complexity index is 1280. The molecule has 1 amide bonds. The lowest BCUT2D eigenvalue weighted by atomic mass is 9.89. The zero-order valence-electron chi connectivity index (χ0n) is 26.1. The molecule has 246 valence electrons. The van der Waals surface area contributed by atoms with Gasteiger partial charge in [-0.2, -0.15) is 4.31 Å². The third-order valence-corrected chi connectivity index (χ3v) is 10.5. The lowest BCUT2D eigenvalue weighted by Crippen LogP contribution is -2.53. The molecule has 2 fully saturated rings. The van der Waals surface area contributed by atoms with Gasteiger partial charge in [0.05, 0.1) is 23.5 Å². The van der Waals surface area contributed by atoms with Crippen LogP contribution < -0.4 is 0 Å². The topological polar surface area (TPSA) is 159 Å². The highest BCUT2D eigenvalue weighted by Gasteiger charge is 2.32. The minimum atomic E-state index is -3.70. The Kier molecular flexibility index (Phi) is 13.4. The average Bonchev–Trinajstić information content (AvgIpc) is 3.39. The predicted molar refractivity (Wildman–Crippen MR) is 169 cm³/mol. The Balaban J connectivity index is 1.72. The lowest BCUT2D eigenvalue weighted by molar-refractivity contribution is -0.139. The summed E-state index contributed by atoms with van der Waals surface area (Å²) in [7, 11) is -1.68. The third kappa shape index (κ3) is 11.0. The Morgan fingerprint density at radius 2 is 1.84 bits per heavy atom. The summed E-state index contributed by atoms with van der Waals surface area (Å²) >= 11 is 0. The summed E-state index contributed by atoms with van der Waals surface area (Å²) in [6.07, 6.45) is 7.41. The maximum atomic E-state index is 13.1. The first-order valence-electron chi connectivity index (χ1n) is 15.4. The van der Waals surface area contributed by atoms with Crippen LogP contribution in [0.3, 0.4) is 0 Å². The summed E-state index contributed by atoms with van der Waals surface area (Å²) < 4.78 is 27.6. The van der Waals surface area contributed by atoms with Gasteiger partial charge in [0, 0.05) is 38.8 Å². The Hall–Kier alpha value is -2.77. The van der Waals surface area contributed by atoms with Crippen LogP contribution in [0.4, 0.5) is 4.79 Å². The van der Waals surface area contributed by atoms with E-state index in [-0.39, 0.29) is 35.7 Å². The van der Waals surface area contributed by atoms with Crippen LogP contribution in [-0.4, -0.2) is 113 Å². The summed E-state index contributed by atoms with van der Waals surface area (Å²) in [6.45, 7) is 6.05. The van der Waals surface area contributed by atoms with Gasteiger partial charge in [-0.25, -0.2) is 13.2 Å². The van der Waals surface area contributed by atoms with Crippen molar-refractivity contribution in [3.8, 4) is 0 Å². The van der Waals surface area contributed by atoms with E-state index in [0.29, 0.717) is 51.9 Å². The summed E-state index contributed by atoms with van der Waals surface area (Å²) in [5.41, 5.74) is 1.83. The molecule has 11 nitrogen and oxygen atoms in total. The Labute approximate surface area is 261 Å². The van der Waals surface area contributed by atoms with Gasteiger partial charge in [0.2, 0.25) is 10.0 Å². The summed E-state index contributed by atoms with van der Waals surface area (Å²) in [6, 6.07) is 6.88. The summed E-state index contributed by atoms with van der Waals surface area (Å²) in [5, 5.41) is 38.2. The van der Waals surface area contributed by atoms with Crippen LogP contribution in [0.25, 0.3) is 6.08 Å². The zero-order chi connectivity index (χ0) is 32.4. The number of rotatable bonds is 15. The maximum Gasteiger partial charge on any atom is 0.407 e. The molecule has 1 aromatic rings. The number of allylic oxidation sites excluding steroid dienone is 3. The first-order valence-corrected chi connectivity index (χ1v) is 16.9. The maximum absolute atomic E-state index is 13.1. The molecule has 0 aliphatic carbocycles. The van der Waals surface area contributed by atoms with Crippen LogP contribution in [-0.2, 0) is 14.8 Å². The molecule has 1 aromatic carbocycles. The van der Waals surface area contributed by atoms with Gasteiger partial charge in [-0.3, -0.25) is 9.69 Å². The van der Waals surface area contributed by atoms with Gasteiger partial charge in [-0.05, 0) is 82.0 Å². The zero-order valence-corrected chi connectivity index (χ0v) is 26.9. The molecule has 2 heterocycles. The number of amides is 1. The summed E-state index contributed by atoms with van der Waals surface area (Å²) in [5.74, 6) is -0.645. The minimum absolute atomic E-state index is 0.0511. The third-order valence-electron chi connectivity index (χ3n) is 8.59. The number of sulfonamides is 1. The fourth-order valence-corrected chi connectivity index (χ4v) is 7.50. The standard InChI is InChI=1S/C32H49N3O8S/c1-23(10-11-28(36)20-31(38)39)6-4-7-25(18-27-21-34(32(40)41)15-14-33(27)3)16-24(2)17-26-8-5-9-30(19-26)44(42,43)35-13-12-29(37)22-35/h4-5,7-9,17,19,23,25,27-29,36-37H,6,10-16,18,20-22H2,1-3H3,(H,38,39)(H,40,41)/b7-4+,24-17+/t23-,25+,27?,28-,29-/m1/s1. The predicted octanol–water partition coefficient (Wildman–Crippen LogP) is 3.73. The van der Waals surface area contributed by atoms with Gasteiger partial charge in [-0.1, -0.05) is 42.9 Å². The molecular weight excluding hydrogens is 586 g/mol. The number of aliphatic carboxylic acids is 1. The minimum Gasteiger partial charge on any atom is -0.481 e. The number of aliphatic hydroxyl groups is 2. The van der Waals surface area contributed by atoms with Crippen molar-refractivity contribution in [2.75, 3.05) is 39.8 Å². The quantitative estimate of drug-likeness (QED) is 0.211. The molecule has 0 aromatic heterocycles. The van der Waals surface area contributed by atoms with E-state index in [0.717, 1.165) is 24.0 Å². The fourth-order valence-electron chi connectivity index (χ4n) is 5.96. The van der Waals surface area contributed by atoms with E-state index in [1.807, 2.05) is 26.1 Å². The molecular formula is C32H49N3O8S. The second kappa shape index (κ2) is 16.5. The number of carbonyl (C=O) groups is 2. The molecule has 0 bridgehead atoms. The van der Waals surface area contributed by atoms with Crippen molar-refractivity contribution in [2.45, 2.75) is 81.9 Å². The summed E-state index contributed by atoms with van der Waals surface area (Å²) in [4.78, 5) is 26.4. The van der Waals surface area contributed by atoms with Gasteiger partial charge >= 0.3 is 12.1 Å². The molecule has 5 atom stereocenters. The van der Waals surface area contributed by atoms with E-state index in [1.54, 1.807) is 18.2 Å². The van der Waals surface area contributed by atoms with E-state index in [1.165, 1.54) is 9.21 Å². The number of carboxylic acid groups (broad SMARTS) is 2. The van der Waals surface area contributed by atoms with E-state index in [9.17, 15) is 33.3 Å². The number of nitrogens with zero attached hydrogens (tertiary/aromatic N) is 3. The number of carboxylic acids is 1. The smallest absolute Gasteiger partial charge is 0.407 e. The van der Waals surface area contributed by atoms with Crippen LogP contribution >= 0.6 is 0 Å². The van der Waals surface area contributed by atoms with Crippen molar-refractivity contribution in [3.63, 3.8) is 0 Å². The highest BCUT2D eigenvalue weighted by molar-refractivity contribution is 7.89. The van der Waals surface area contributed by atoms with E-state index in [2.05, 4.69) is 24.0 Å². The number of β-amino-alcohol motifs (C(OH)–C–C–N with tert-alkyl or cyclic N) is 1. The van der Waals surface area contributed by atoms with E-state index < -0.39 is 34.3 Å². The van der Waals surface area contributed by atoms with E-state index >= 15 is 0 Å². The van der Waals surface area contributed by atoms with Crippen molar-refractivity contribution >= 4 is 28.2 Å². The molecule has 44 heavy (non-hydrogen) atoms. The molecule has 2 aliphatic heterocycles. The van der Waals surface area contributed by atoms with E-state index in [4.69, 9.17) is 5.11 Å². The van der Waals surface area contributed by atoms with Crippen LogP contribution in [0.1, 0.15) is 64.4 Å². The molecule has 12 heteroatoms. The molecule has 0 spiro atoms. The van der Waals surface area contributed by atoms with Crippen LogP contribution in [0.2, 0.25) is 0 Å². The first kappa shape index (κ1) is 35.7. The van der Waals surface area contributed by atoms with Crippen molar-refractivity contribution in [1.82, 2.24) is 14.1 Å². The van der Waals surface area contributed by atoms with Gasteiger partial charge in [0.15, 0.2) is 0 Å². The molecule has 0 saturated carbocycles. The molecule has 2 aliphatic rings. The lowest BCUT2D eigenvalue weighted by Gasteiger charge is -2.39. The second-order valence-electron chi connectivity index (χ2n) is 12.5. The van der Waals surface area contributed by atoms with Crippen LogP contribution in [0.5, 0.6) is 0 Å². The van der Waals surface area contributed by atoms with Crippen LogP contribution in [0.15, 0.2) is 46.9 Å². The number of piperazine rings is 1. The SMILES string of the molecule is C/C(=C\c1cccc(S(=O)(=O)N2CC[C@@H](O)C2)c1)C[C@H](/C=C/C[C@@H](C)CC[C@@H](O)CC(=O)O)CC1CN(C(=O)O)CCN1C. The van der Waals surface area contributed by atoms with Gasteiger partial charge in [0.25, 0.3) is 0 Å². The van der Waals surface area contributed by atoms with Gasteiger partial charge in [0.1, 0.15) is 0 Å². The second-order valence-corrected chi connectivity index (χ2v) is 14.5. The van der Waals surface area contributed by atoms with Crippen LogP contribution in [0, 0.1) is 11.8 Å². The number of benzene rings is 1. The monoisotopic (exact) mass is 635 g/mol. The number of likely N-dealkylation sites (N-methyl/N-ethyl adjacent to an activating group) is 1. The first-order chi connectivity index (χ1) is 20.7. The number of hydrogen-bond donors (Lipinski definition) is 4. The van der Waals surface area contributed by atoms with Crippen molar-refractivity contribution < 1.29 is 38.4 Å². The number of aliphatic hydroxyl groups excluding tert-OH is 2.